The fourth-order valence-electron chi connectivity index (χ4n) is 0.892. The van der Waals surface area contributed by atoms with E-state index in [1.807, 2.05) is 0 Å². The molecule has 42 valence electrons. The number of rotatable bonds is 0. The molecule has 7 heavy (non-hydrogen) atoms. The van der Waals surface area contributed by atoms with Gasteiger partial charge in [-0.1, -0.05) is 44.7 Å². The maximum Gasteiger partial charge on any atom is 0.0805 e. The van der Waals surface area contributed by atoms with Crippen LogP contribution in [-0.4, -0.2) is 3.23 Å². The molecule has 1 aliphatic carbocycles. The average molecular weight is 228 g/mol. The van der Waals surface area contributed by atoms with Crippen LogP contribution in [0.3, 0.4) is 0 Å². The zero-order chi connectivity index (χ0) is 5.33. The predicted octanol–water partition coefficient (Wildman–Crippen LogP) is 3.05. The van der Waals surface area contributed by atoms with E-state index in [1.54, 1.807) is 0 Å². The van der Waals surface area contributed by atoms with E-state index >= 15 is 0 Å². The van der Waals surface area contributed by atoms with Crippen molar-refractivity contribution in [3.8, 4) is 0 Å². The second-order valence-corrected chi connectivity index (χ2v) is 6.16. The van der Waals surface area contributed by atoms with Gasteiger partial charge in [-0.05, 0) is 12.8 Å². The Bertz CT molecular complexity index is 60.5. The van der Waals surface area contributed by atoms with Gasteiger partial charge in [0.2, 0.25) is 0 Å². The largest absolute Gasteiger partial charge is 0.0805 e. The Hall–Kier alpha value is 0.960. The van der Waals surface area contributed by atoms with E-state index < -0.39 is 0 Å². The van der Waals surface area contributed by atoms with Crippen LogP contribution in [0.15, 0.2) is 0 Å². The molecule has 0 atom stereocenters. The molecule has 0 aromatic heterocycles. The van der Waals surface area contributed by atoms with Gasteiger partial charge >= 0.3 is 0 Å². The van der Waals surface area contributed by atoms with Crippen molar-refractivity contribution >= 4 is 31.9 Å². The van der Waals surface area contributed by atoms with Crippen LogP contribution in [0, 0.1) is 0 Å². The lowest BCUT2D eigenvalue weighted by Crippen LogP contribution is -2.00. The third-order valence-corrected chi connectivity index (χ3v) is 2.92. The lowest BCUT2D eigenvalue weighted by atomic mass is 10.4. The zero-order valence-corrected chi connectivity index (χ0v) is 7.26. The Morgan fingerprint density at radius 3 is 1.57 bits per heavy atom. The highest BCUT2D eigenvalue weighted by Gasteiger charge is 2.26. The molecule has 0 bridgehead atoms. The molecule has 0 aromatic carbocycles. The highest BCUT2D eigenvalue weighted by atomic mass is 79.9. The SMILES string of the molecule is BrC1(Br)CCCC1. The minimum atomic E-state index is 0.319. The molecule has 0 nitrogen and oxygen atoms in total. The molecule has 0 saturated heterocycles. The number of alkyl halides is 2. The van der Waals surface area contributed by atoms with Crippen LogP contribution in [0.1, 0.15) is 25.7 Å². The van der Waals surface area contributed by atoms with Crippen molar-refractivity contribution in [2.24, 2.45) is 0 Å². The summed E-state index contributed by atoms with van der Waals surface area (Å²) >= 11 is 7.12. The van der Waals surface area contributed by atoms with Crippen molar-refractivity contribution in [1.29, 1.82) is 0 Å². The van der Waals surface area contributed by atoms with Gasteiger partial charge in [0.05, 0.1) is 3.23 Å². The molecular weight excluding hydrogens is 220 g/mol. The topological polar surface area (TPSA) is 0 Å². The van der Waals surface area contributed by atoms with Gasteiger partial charge in [0.1, 0.15) is 0 Å². The molecule has 1 saturated carbocycles. The Balaban J connectivity index is 2.40. The van der Waals surface area contributed by atoms with Gasteiger partial charge < -0.3 is 0 Å². The summed E-state index contributed by atoms with van der Waals surface area (Å²) in [6.45, 7) is 0. The van der Waals surface area contributed by atoms with Gasteiger partial charge in [0.15, 0.2) is 0 Å². The molecule has 1 aliphatic rings. The number of hydrogen-bond acceptors (Lipinski definition) is 0. The molecule has 0 aliphatic heterocycles. The standard InChI is InChI=1S/C5H8Br2/c6-5(7)3-1-2-4-5/h1-4H2. The molecule has 0 amide bonds. The van der Waals surface area contributed by atoms with Gasteiger partial charge in [-0.3, -0.25) is 0 Å². The van der Waals surface area contributed by atoms with E-state index in [-0.39, 0.29) is 0 Å². The first-order valence-electron chi connectivity index (χ1n) is 2.59. The molecule has 0 unspecified atom stereocenters. The summed E-state index contributed by atoms with van der Waals surface area (Å²) in [5.74, 6) is 0. The van der Waals surface area contributed by atoms with E-state index in [4.69, 9.17) is 0 Å². The van der Waals surface area contributed by atoms with Gasteiger partial charge in [-0.2, -0.15) is 0 Å². The van der Waals surface area contributed by atoms with Crippen LogP contribution in [0.2, 0.25) is 0 Å². The van der Waals surface area contributed by atoms with Crippen molar-refractivity contribution in [2.45, 2.75) is 28.9 Å². The van der Waals surface area contributed by atoms with Crippen LogP contribution < -0.4 is 0 Å². The number of halogens is 2. The van der Waals surface area contributed by atoms with Crippen LogP contribution in [-0.2, 0) is 0 Å². The molecule has 1 rings (SSSR count). The fraction of sp³-hybridized carbons (Fsp3) is 1.00. The Kier molecular flexibility index (Phi) is 1.79. The monoisotopic (exact) mass is 226 g/mol. The van der Waals surface area contributed by atoms with E-state index in [2.05, 4.69) is 31.9 Å². The lowest BCUT2D eigenvalue weighted by Gasteiger charge is -2.08. The average Bonchev–Trinajstić information content (AvgIpc) is 1.84. The molecule has 0 radical (unpaired) electrons. The molecule has 1 fully saturated rings. The summed E-state index contributed by atoms with van der Waals surface area (Å²) < 4.78 is 0.319. The summed E-state index contributed by atoms with van der Waals surface area (Å²) in [6.07, 6.45) is 5.31. The first kappa shape index (κ1) is 6.09. The van der Waals surface area contributed by atoms with Crippen LogP contribution >= 0.6 is 31.9 Å². The second-order valence-electron chi connectivity index (χ2n) is 2.06. The third kappa shape index (κ3) is 1.73. The first-order chi connectivity index (χ1) is 3.21. The summed E-state index contributed by atoms with van der Waals surface area (Å²) in [5, 5.41) is 0. The van der Waals surface area contributed by atoms with Crippen molar-refractivity contribution < 1.29 is 0 Å². The summed E-state index contributed by atoms with van der Waals surface area (Å²) in [4.78, 5) is 0. The maximum absolute atomic E-state index is 3.56. The van der Waals surface area contributed by atoms with Crippen molar-refractivity contribution in [1.82, 2.24) is 0 Å². The van der Waals surface area contributed by atoms with E-state index in [0.29, 0.717) is 3.23 Å². The van der Waals surface area contributed by atoms with Gasteiger partial charge in [0, 0.05) is 0 Å². The van der Waals surface area contributed by atoms with Crippen molar-refractivity contribution in [3.63, 3.8) is 0 Å². The van der Waals surface area contributed by atoms with Crippen molar-refractivity contribution in [2.75, 3.05) is 0 Å². The summed E-state index contributed by atoms with van der Waals surface area (Å²) in [5.41, 5.74) is 0. The Morgan fingerprint density at radius 2 is 1.43 bits per heavy atom. The fourth-order valence-corrected chi connectivity index (χ4v) is 2.01. The Labute approximate surface area is 60.9 Å². The van der Waals surface area contributed by atoms with Gasteiger partial charge in [-0.15, -0.1) is 0 Å². The third-order valence-electron chi connectivity index (χ3n) is 1.34. The quantitative estimate of drug-likeness (QED) is 0.559. The molecule has 2 heteroatoms. The predicted molar refractivity (Wildman–Crippen MR) is 39.1 cm³/mol. The minimum absolute atomic E-state index is 0.319. The number of hydrogen-bond donors (Lipinski definition) is 0. The summed E-state index contributed by atoms with van der Waals surface area (Å²) in [7, 11) is 0. The van der Waals surface area contributed by atoms with E-state index in [0.717, 1.165) is 0 Å². The molecule has 0 spiro atoms. The first-order valence-corrected chi connectivity index (χ1v) is 4.17. The lowest BCUT2D eigenvalue weighted by molar-refractivity contribution is 0.878. The smallest absolute Gasteiger partial charge is 0.0727 e. The van der Waals surface area contributed by atoms with Crippen LogP contribution in [0.25, 0.3) is 0 Å². The van der Waals surface area contributed by atoms with Crippen molar-refractivity contribution in [3.05, 3.63) is 0 Å². The van der Waals surface area contributed by atoms with Crippen LogP contribution in [0.5, 0.6) is 0 Å². The normalized spacial score (nSPS) is 28.3. The summed E-state index contributed by atoms with van der Waals surface area (Å²) in [6, 6.07) is 0. The molecule has 0 heterocycles. The highest BCUT2D eigenvalue weighted by Crippen LogP contribution is 2.42. The zero-order valence-electron chi connectivity index (χ0n) is 4.08. The highest BCUT2D eigenvalue weighted by molar-refractivity contribution is 9.25. The molecule has 0 aromatic rings. The van der Waals surface area contributed by atoms with Gasteiger partial charge in [0.25, 0.3) is 0 Å². The van der Waals surface area contributed by atoms with Gasteiger partial charge in [-0.25, -0.2) is 0 Å². The Morgan fingerprint density at radius 1 is 1.00 bits per heavy atom. The maximum atomic E-state index is 3.56. The van der Waals surface area contributed by atoms with Crippen LogP contribution in [0.4, 0.5) is 0 Å². The second kappa shape index (κ2) is 2.06. The molecule has 0 N–H and O–H groups in total. The van der Waals surface area contributed by atoms with E-state index in [1.165, 1.54) is 25.7 Å². The minimum Gasteiger partial charge on any atom is -0.0727 e. The molecular formula is C5H8Br2. The van der Waals surface area contributed by atoms with E-state index in [9.17, 15) is 0 Å².